The summed E-state index contributed by atoms with van der Waals surface area (Å²) in [5.41, 5.74) is 1.80. The first-order chi connectivity index (χ1) is 12.5. The van der Waals surface area contributed by atoms with Crippen LogP contribution in [0.25, 0.3) is 11.0 Å². The number of H-pyrrole nitrogens is 1. The third kappa shape index (κ3) is 3.66. The second kappa shape index (κ2) is 7.51. The van der Waals surface area contributed by atoms with Crippen molar-refractivity contribution in [2.24, 2.45) is 5.92 Å². The van der Waals surface area contributed by atoms with E-state index in [2.05, 4.69) is 20.4 Å². The van der Waals surface area contributed by atoms with Gasteiger partial charge in [-0.15, -0.1) is 0 Å². The van der Waals surface area contributed by atoms with Crippen LogP contribution in [-0.4, -0.2) is 25.7 Å². The van der Waals surface area contributed by atoms with Gasteiger partial charge in [-0.1, -0.05) is 32.9 Å². The molecule has 0 radical (unpaired) electrons. The molecule has 1 atom stereocenters. The quantitative estimate of drug-likeness (QED) is 0.712. The molecule has 7 heteroatoms. The number of nitrogens with zero attached hydrogens (tertiary/aromatic N) is 3. The number of para-hydroxylation sites is 2. The van der Waals surface area contributed by atoms with Crippen molar-refractivity contribution in [3.63, 3.8) is 0 Å². The van der Waals surface area contributed by atoms with E-state index in [1.54, 1.807) is 0 Å². The molecular weight excluding hydrogens is 330 g/mol. The Bertz CT molecular complexity index is 940. The Balaban J connectivity index is 1.87. The summed E-state index contributed by atoms with van der Waals surface area (Å²) in [5.74, 6) is 0.506. The lowest BCUT2D eigenvalue weighted by Gasteiger charge is -2.20. The Morgan fingerprint density at radius 3 is 2.69 bits per heavy atom. The van der Waals surface area contributed by atoms with Crippen LogP contribution in [0.15, 0.2) is 41.2 Å². The molecule has 7 nitrogen and oxygen atoms in total. The molecule has 2 aromatic heterocycles. The van der Waals surface area contributed by atoms with Gasteiger partial charge in [0.1, 0.15) is 11.5 Å². The number of aromatic amines is 1. The van der Waals surface area contributed by atoms with E-state index >= 15 is 0 Å². The Kier molecular flexibility index (Phi) is 5.16. The zero-order valence-corrected chi connectivity index (χ0v) is 15.2. The van der Waals surface area contributed by atoms with Crippen LogP contribution in [0.3, 0.4) is 0 Å². The van der Waals surface area contributed by atoms with E-state index in [9.17, 15) is 9.59 Å². The lowest BCUT2D eigenvalue weighted by atomic mass is 10.0. The van der Waals surface area contributed by atoms with Crippen LogP contribution in [0.5, 0.6) is 0 Å². The standard InChI is InChI=1S/C19H23N5O2/c1-4-11-24-16(25)10-9-15(23-24)19(26)22-17(12(2)3)18-20-13-7-5-6-8-14(13)21-18/h5-10,12,17H,4,11H2,1-3H3,(H,20,21)(H,22,26). The molecule has 3 aromatic rings. The van der Waals surface area contributed by atoms with Crippen molar-refractivity contribution in [3.05, 3.63) is 58.3 Å². The zero-order valence-electron chi connectivity index (χ0n) is 15.2. The van der Waals surface area contributed by atoms with Crippen LogP contribution in [-0.2, 0) is 6.54 Å². The molecule has 0 saturated carbocycles. The molecule has 1 unspecified atom stereocenters. The van der Waals surface area contributed by atoms with E-state index in [4.69, 9.17) is 0 Å². The van der Waals surface area contributed by atoms with E-state index in [1.165, 1.54) is 16.8 Å². The zero-order chi connectivity index (χ0) is 18.7. The van der Waals surface area contributed by atoms with Gasteiger partial charge in [-0.05, 0) is 30.5 Å². The number of benzene rings is 1. The predicted octanol–water partition coefficient (Wildman–Crippen LogP) is 2.66. The minimum absolute atomic E-state index is 0.126. The SMILES string of the molecule is CCCn1nc(C(=O)NC(c2nc3ccccc3[nH]2)C(C)C)ccc1=O. The predicted molar refractivity (Wildman–Crippen MR) is 99.9 cm³/mol. The van der Waals surface area contributed by atoms with Crippen LogP contribution >= 0.6 is 0 Å². The third-order valence-electron chi connectivity index (χ3n) is 4.19. The normalized spacial score (nSPS) is 12.5. The monoisotopic (exact) mass is 353 g/mol. The van der Waals surface area contributed by atoms with Crippen LogP contribution in [0.4, 0.5) is 0 Å². The van der Waals surface area contributed by atoms with Gasteiger partial charge in [0.05, 0.1) is 17.1 Å². The maximum atomic E-state index is 12.7. The summed E-state index contributed by atoms with van der Waals surface area (Å²) in [5, 5.41) is 7.16. The number of nitrogens with one attached hydrogen (secondary N) is 2. The summed E-state index contributed by atoms with van der Waals surface area (Å²) in [6, 6.07) is 10.3. The van der Waals surface area contributed by atoms with Gasteiger partial charge in [0.15, 0.2) is 0 Å². The van der Waals surface area contributed by atoms with Gasteiger partial charge in [-0.2, -0.15) is 5.10 Å². The van der Waals surface area contributed by atoms with E-state index in [-0.39, 0.29) is 29.1 Å². The highest BCUT2D eigenvalue weighted by Gasteiger charge is 2.23. The van der Waals surface area contributed by atoms with Gasteiger partial charge in [0.25, 0.3) is 11.5 Å². The number of carbonyl (C=O) groups is 1. The average molecular weight is 353 g/mol. The van der Waals surface area contributed by atoms with Crippen molar-refractivity contribution < 1.29 is 4.79 Å². The van der Waals surface area contributed by atoms with E-state index in [1.807, 2.05) is 45.0 Å². The molecule has 0 spiro atoms. The fourth-order valence-corrected chi connectivity index (χ4v) is 2.83. The van der Waals surface area contributed by atoms with Gasteiger partial charge >= 0.3 is 0 Å². The Morgan fingerprint density at radius 2 is 2.00 bits per heavy atom. The van der Waals surface area contributed by atoms with Crippen molar-refractivity contribution in [1.29, 1.82) is 0 Å². The molecule has 0 aliphatic heterocycles. The van der Waals surface area contributed by atoms with Gasteiger partial charge in [0.2, 0.25) is 0 Å². The second-order valence-corrected chi connectivity index (χ2v) is 6.61. The fraction of sp³-hybridized carbons (Fsp3) is 0.368. The minimum atomic E-state index is -0.325. The topological polar surface area (TPSA) is 92.7 Å². The van der Waals surface area contributed by atoms with Crippen molar-refractivity contribution >= 4 is 16.9 Å². The minimum Gasteiger partial charge on any atom is -0.340 e. The number of aromatic nitrogens is 4. The number of amides is 1. The number of fused-ring (bicyclic) bond motifs is 1. The second-order valence-electron chi connectivity index (χ2n) is 6.61. The summed E-state index contributed by atoms with van der Waals surface area (Å²) >= 11 is 0. The van der Waals surface area contributed by atoms with Crippen molar-refractivity contribution in [2.45, 2.75) is 39.8 Å². The molecule has 2 N–H and O–H groups in total. The molecule has 1 aromatic carbocycles. The summed E-state index contributed by atoms with van der Waals surface area (Å²) in [6.07, 6.45) is 0.769. The first kappa shape index (κ1) is 17.8. The summed E-state index contributed by atoms with van der Waals surface area (Å²) in [7, 11) is 0. The van der Waals surface area contributed by atoms with Crippen molar-refractivity contribution in [2.75, 3.05) is 0 Å². The maximum absolute atomic E-state index is 12.7. The molecule has 1 amide bonds. The number of aryl methyl sites for hydroxylation is 1. The smallest absolute Gasteiger partial charge is 0.272 e. The number of hydrogen-bond donors (Lipinski definition) is 2. The molecule has 0 saturated heterocycles. The number of rotatable bonds is 6. The number of imidazole rings is 1. The first-order valence-electron chi connectivity index (χ1n) is 8.83. The van der Waals surface area contributed by atoms with Gasteiger partial charge in [0, 0.05) is 12.6 Å². The number of carbonyl (C=O) groups excluding carboxylic acids is 1. The molecule has 26 heavy (non-hydrogen) atoms. The molecule has 0 aliphatic carbocycles. The summed E-state index contributed by atoms with van der Waals surface area (Å²) in [4.78, 5) is 32.3. The molecule has 2 heterocycles. The Hall–Kier alpha value is -2.96. The third-order valence-corrected chi connectivity index (χ3v) is 4.19. The Morgan fingerprint density at radius 1 is 1.23 bits per heavy atom. The lowest BCUT2D eigenvalue weighted by molar-refractivity contribution is 0.0915. The largest absolute Gasteiger partial charge is 0.340 e. The summed E-state index contributed by atoms with van der Waals surface area (Å²) < 4.78 is 1.32. The van der Waals surface area contributed by atoms with Crippen LogP contribution < -0.4 is 10.9 Å². The summed E-state index contributed by atoms with van der Waals surface area (Å²) in [6.45, 7) is 6.47. The van der Waals surface area contributed by atoms with Gasteiger partial charge in [-0.25, -0.2) is 9.67 Å². The first-order valence-corrected chi connectivity index (χ1v) is 8.83. The van der Waals surface area contributed by atoms with Crippen molar-refractivity contribution in [3.8, 4) is 0 Å². The van der Waals surface area contributed by atoms with Crippen LogP contribution in [0, 0.1) is 5.92 Å². The number of hydrogen-bond acceptors (Lipinski definition) is 4. The molecule has 3 rings (SSSR count). The van der Waals surface area contributed by atoms with Crippen LogP contribution in [0.2, 0.25) is 0 Å². The van der Waals surface area contributed by atoms with E-state index in [0.29, 0.717) is 12.4 Å². The molecule has 136 valence electrons. The fourth-order valence-electron chi connectivity index (χ4n) is 2.83. The highest BCUT2D eigenvalue weighted by atomic mass is 16.2. The molecule has 0 aliphatic rings. The van der Waals surface area contributed by atoms with Gasteiger partial charge < -0.3 is 10.3 Å². The van der Waals surface area contributed by atoms with Gasteiger partial charge in [-0.3, -0.25) is 9.59 Å². The maximum Gasteiger partial charge on any atom is 0.272 e. The lowest BCUT2D eigenvalue weighted by Crippen LogP contribution is -2.34. The molecular formula is C19H23N5O2. The highest BCUT2D eigenvalue weighted by Crippen LogP contribution is 2.22. The van der Waals surface area contributed by atoms with E-state index in [0.717, 1.165) is 17.5 Å². The molecule has 0 fully saturated rings. The Labute approximate surface area is 151 Å². The molecule has 0 bridgehead atoms. The van der Waals surface area contributed by atoms with E-state index < -0.39 is 0 Å². The average Bonchev–Trinajstić information content (AvgIpc) is 3.04. The van der Waals surface area contributed by atoms with Crippen molar-refractivity contribution in [1.82, 2.24) is 25.1 Å². The van der Waals surface area contributed by atoms with Crippen LogP contribution in [0.1, 0.15) is 49.5 Å². The highest BCUT2D eigenvalue weighted by molar-refractivity contribution is 5.92.